The Labute approximate surface area is 187 Å². The van der Waals surface area contributed by atoms with Gasteiger partial charge < -0.3 is 9.73 Å². The third-order valence-electron chi connectivity index (χ3n) is 5.11. The molecule has 3 aromatic rings. The second kappa shape index (κ2) is 8.92. The Morgan fingerprint density at radius 3 is 2.53 bits per heavy atom. The van der Waals surface area contributed by atoms with Crippen LogP contribution in [0.4, 0.5) is 14.5 Å². The maximum Gasteiger partial charge on any atom is 0.291 e. The fourth-order valence-electron chi connectivity index (χ4n) is 3.55. The van der Waals surface area contributed by atoms with Crippen LogP contribution in [0.5, 0.6) is 0 Å². The summed E-state index contributed by atoms with van der Waals surface area (Å²) in [5.41, 5.74) is 4.53. The molecule has 164 valence electrons. The van der Waals surface area contributed by atoms with Gasteiger partial charge in [-0.25, -0.2) is 14.2 Å². The van der Waals surface area contributed by atoms with Crippen LogP contribution in [-0.2, 0) is 6.42 Å². The van der Waals surface area contributed by atoms with Gasteiger partial charge in [-0.2, -0.15) is 5.10 Å². The normalized spacial score (nSPS) is 14.2. The highest BCUT2D eigenvalue weighted by Gasteiger charge is 2.28. The Morgan fingerprint density at radius 2 is 1.81 bits per heavy atom. The molecule has 0 spiro atoms. The molecule has 0 radical (unpaired) electrons. The lowest BCUT2D eigenvalue weighted by Gasteiger charge is -2.13. The first-order valence-corrected chi connectivity index (χ1v) is 10.2. The zero-order valence-corrected chi connectivity index (χ0v) is 17.7. The minimum atomic E-state index is -0.889. The zero-order valence-electron chi connectivity index (χ0n) is 17.0. The van der Waals surface area contributed by atoms with Gasteiger partial charge in [0.1, 0.15) is 17.4 Å². The smallest absolute Gasteiger partial charge is 0.291 e. The maximum absolute atomic E-state index is 13.9. The summed E-state index contributed by atoms with van der Waals surface area (Å²) in [5, 5.41) is 7.17. The van der Waals surface area contributed by atoms with Crippen LogP contribution >= 0.6 is 11.6 Å². The van der Waals surface area contributed by atoms with Crippen molar-refractivity contribution in [3.63, 3.8) is 0 Å². The molecule has 0 unspecified atom stereocenters. The Hall–Kier alpha value is -3.52. The lowest BCUT2D eigenvalue weighted by molar-refractivity contribution is 0.0953. The average molecular weight is 458 g/mol. The number of fused-ring (bicyclic) bond motifs is 1. The molecule has 32 heavy (non-hydrogen) atoms. The summed E-state index contributed by atoms with van der Waals surface area (Å²) >= 11 is 5.84. The molecule has 1 aromatic heterocycles. The summed E-state index contributed by atoms with van der Waals surface area (Å²) < 4.78 is 32.8. The van der Waals surface area contributed by atoms with Gasteiger partial charge in [-0.1, -0.05) is 11.6 Å². The van der Waals surface area contributed by atoms with E-state index in [2.05, 4.69) is 15.8 Å². The van der Waals surface area contributed by atoms with E-state index < -0.39 is 23.4 Å². The third kappa shape index (κ3) is 4.40. The zero-order chi connectivity index (χ0) is 22.8. The van der Waals surface area contributed by atoms with E-state index in [9.17, 15) is 18.4 Å². The van der Waals surface area contributed by atoms with Gasteiger partial charge in [-0.3, -0.25) is 9.59 Å². The summed E-state index contributed by atoms with van der Waals surface area (Å²) in [4.78, 5) is 25.0. The molecule has 4 rings (SSSR count). The Morgan fingerprint density at radius 1 is 1.06 bits per heavy atom. The second-order valence-corrected chi connectivity index (χ2v) is 7.73. The molecule has 0 bridgehead atoms. The summed E-state index contributed by atoms with van der Waals surface area (Å²) in [5.74, 6) is -2.11. The molecule has 2 aromatic carbocycles. The monoisotopic (exact) mass is 457 g/mol. The lowest BCUT2D eigenvalue weighted by atomic mass is 9.93. The molecule has 2 amide bonds. The molecule has 9 heteroatoms. The van der Waals surface area contributed by atoms with Gasteiger partial charge in [0.05, 0.1) is 11.4 Å². The Bertz CT molecular complexity index is 1240. The molecule has 0 atom stereocenters. The first-order chi connectivity index (χ1) is 15.3. The number of carbonyl (C=O) groups is 2. The van der Waals surface area contributed by atoms with E-state index in [1.54, 1.807) is 31.2 Å². The molecule has 0 saturated heterocycles. The number of rotatable bonds is 4. The highest BCUT2D eigenvalue weighted by atomic mass is 35.5. The van der Waals surface area contributed by atoms with E-state index in [0.717, 1.165) is 18.6 Å². The highest BCUT2D eigenvalue weighted by molar-refractivity contribution is 6.30. The molecule has 0 saturated carbocycles. The first-order valence-electron chi connectivity index (χ1n) is 9.85. The van der Waals surface area contributed by atoms with Gasteiger partial charge >= 0.3 is 0 Å². The molecule has 2 N–H and O–H groups in total. The number of hydrazone groups is 1. The van der Waals surface area contributed by atoms with Crippen molar-refractivity contribution >= 4 is 34.8 Å². The number of amides is 2. The number of benzene rings is 2. The van der Waals surface area contributed by atoms with Gasteiger partial charge in [-0.15, -0.1) is 0 Å². The minimum Gasteiger partial charge on any atom is -0.455 e. The van der Waals surface area contributed by atoms with E-state index in [4.69, 9.17) is 16.0 Å². The first kappa shape index (κ1) is 21.7. The van der Waals surface area contributed by atoms with E-state index in [0.29, 0.717) is 52.1 Å². The molecular weight excluding hydrogens is 440 g/mol. The van der Waals surface area contributed by atoms with Crippen molar-refractivity contribution < 1.29 is 22.8 Å². The summed E-state index contributed by atoms with van der Waals surface area (Å²) in [6.45, 7) is 1.69. The van der Waals surface area contributed by atoms with Crippen LogP contribution in [0.25, 0.3) is 0 Å². The second-order valence-electron chi connectivity index (χ2n) is 7.29. The third-order valence-corrected chi connectivity index (χ3v) is 5.36. The predicted molar refractivity (Wildman–Crippen MR) is 116 cm³/mol. The number of nitrogens with zero attached hydrogens (tertiary/aromatic N) is 1. The molecule has 0 fully saturated rings. The van der Waals surface area contributed by atoms with Gasteiger partial charge in [0, 0.05) is 34.2 Å². The predicted octanol–water partition coefficient (Wildman–Crippen LogP) is 5.24. The van der Waals surface area contributed by atoms with E-state index in [1.807, 2.05) is 0 Å². The van der Waals surface area contributed by atoms with Crippen molar-refractivity contribution in [1.82, 2.24) is 5.43 Å². The summed E-state index contributed by atoms with van der Waals surface area (Å²) in [6.07, 6.45) is 1.91. The van der Waals surface area contributed by atoms with Gasteiger partial charge in [0.15, 0.2) is 5.76 Å². The van der Waals surface area contributed by atoms with E-state index >= 15 is 0 Å². The van der Waals surface area contributed by atoms with Crippen molar-refractivity contribution in [2.45, 2.75) is 26.2 Å². The number of anilines is 1. The van der Waals surface area contributed by atoms with Crippen molar-refractivity contribution in [2.24, 2.45) is 5.10 Å². The largest absolute Gasteiger partial charge is 0.455 e. The fourth-order valence-corrected chi connectivity index (χ4v) is 3.68. The van der Waals surface area contributed by atoms with Gasteiger partial charge in [-0.05, 0) is 56.2 Å². The fraction of sp³-hybridized carbons (Fsp3) is 0.174. The van der Waals surface area contributed by atoms with Crippen LogP contribution < -0.4 is 10.7 Å². The topological polar surface area (TPSA) is 83.7 Å². The minimum absolute atomic E-state index is 0.0114. The van der Waals surface area contributed by atoms with Crippen LogP contribution in [-0.4, -0.2) is 17.5 Å². The van der Waals surface area contributed by atoms with Crippen LogP contribution in [0, 0.1) is 18.6 Å². The average Bonchev–Trinajstić information content (AvgIpc) is 3.12. The quantitative estimate of drug-likeness (QED) is 0.525. The molecule has 1 heterocycles. The summed E-state index contributed by atoms with van der Waals surface area (Å²) in [6, 6.07) is 9.26. The van der Waals surface area contributed by atoms with Crippen molar-refractivity contribution in [3.8, 4) is 0 Å². The van der Waals surface area contributed by atoms with E-state index in [1.165, 1.54) is 0 Å². The molecule has 1 aliphatic carbocycles. The number of furan rings is 1. The van der Waals surface area contributed by atoms with Gasteiger partial charge in [0.2, 0.25) is 0 Å². The van der Waals surface area contributed by atoms with Crippen LogP contribution in [0.3, 0.4) is 0 Å². The van der Waals surface area contributed by atoms with Gasteiger partial charge in [0.25, 0.3) is 11.8 Å². The van der Waals surface area contributed by atoms with Crippen molar-refractivity contribution in [3.05, 3.63) is 87.3 Å². The van der Waals surface area contributed by atoms with Crippen LogP contribution in [0.15, 0.2) is 52.0 Å². The lowest BCUT2D eigenvalue weighted by Crippen LogP contribution is -2.22. The number of halogens is 3. The Balaban J connectivity index is 1.57. The number of nitrogens with one attached hydrogen (secondary N) is 2. The number of hydrogen-bond donors (Lipinski definition) is 2. The maximum atomic E-state index is 13.9. The molecular formula is C23H18ClF2N3O3. The molecule has 6 nitrogen and oxygen atoms in total. The number of hydrogen-bond acceptors (Lipinski definition) is 4. The van der Waals surface area contributed by atoms with Crippen molar-refractivity contribution in [2.75, 3.05) is 5.32 Å². The SMILES string of the molecule is Cc1c(C(=O)Nc2ccc(F)cc2F)oc2c1/C(=N/NC(=O)c1ccc(Cl)cc1)CCC2. The standard InChI is InChI=1S/C23H18ClF2N3O3/c1-12-20-18(28-29-22(30)13-5-7-14(24)8-6-13)3-2-4-19(20)32-21(12)23(31)27-17-10-9-15(25)11-16(17)26/h5-11H,2-4H2,1H3,(H,27,31)(H,29,30)/b28-18+. The number of carbonyl (C=O) groups excluding carboxylic acids is 2. The number of aryl methyl sites for hydroxylation is 1. The Kier molecular flexibility index (Phi) is 6.05. The van der Waals surface area contributed by atoms with E-state index in [-0.39, 0.29) is 11.4 Å². The summed E-state index contributed by atoms with van der Waals surface area (Å²) in [7, 11) is 0. The van der Waals surface area contributed by atoms with Crippen molar-refractivity contribution in [1.29, 1.82) is 0 Å². The van der Waals surface area contributed by atoms with Crippen LogP contribution in [0.2, 0.25) is 5.02 Å². The molecule has 1 aliphatic rings. The molecule has 0 aliphatic heterocycles. The van der Waals surface area contributed by atoms with Crippen LogP contribution in [0.1, 0.15) is 50.6 Å². The highest BCUT2D eigenvalue weighted by Crippen LogP contribution is 2.30.